The molecule has 12 heavy (non-hydrogen) atoms. The van der Waals surface area contributed by atoms with Crippen LogP contribution in [0.2, 0.25) is 0 Å². The molecule has 0 aliphatic heterocycles. The molecule has 1 rings (SSSR count). The maximum absolute atomic E-state index is 2.42. The molecule has 0 heterocycles. The zero-order valence-electron chi connectivity index (χ0n) is 8.73. The van der Waals surface area contributed by atoms with E-state index in [0.717, 1.165) is 5.92 Å². The summed E-state index contributed by atoms with van der Waals surface area (Å²) in [6, 6.07) is 0. The van der Waals surface area contributed by atoms with Crippen molar-refractivity contribution in [2.75, 3.05) is 0 Å². The average Bonchev–Trinajstić information content (AvgIpc) is 2.53. The first-order valence-corrected chi connectivity index (χ1v) is 5.66. The summed E-state index contributed by atoms with van der Waals surface area (Å²) in [4.78, 5) is 0. The molecule has 0 N–H and O–H groups in total. The van der Waals surface area contributed by atoms with Gasteiger partial charge in [0.25, 0.3) is 0 Å². The second-order valence-electron chi connectivity index (χ2n) is 4.41. The van der Waals surface area contributed by atoms with Gasteiger partial charge < -0.3 is 0 Å². The lowest BCUT2D eigenvalue weighted by Crippen LogP contribution is -2.00. The van der Waals surface area contributed by atoms with Crippen molar-refractivity contribution >= 4 is 0 Å². The molecule has 0 aromatic carbocycles. The maximum Gasteiger partial charge on any atom is -0.0238 e. The molecule has 1 radical (unpaired) electrons. The predicted molar refractivity (Wildman–Crippen MR) is 55.0 cm³/mol. The minimum absolute atomic E-state index is 0.957. The highest BCUT2D eigenvalue weighted by Crippen LogP contribution is 2.33. The number of hydrogen-bond acceptors (Lipinski definition) is 0. The first-order chi connectivity index (χ1) is 5.83. The Labute approximate surface area is 77.7 Å². The van der Waals surface area contributed by atoms with Crippen LogP contribution in [0.5, 0.6) is 0 Å². The SMILES string of the molecule is CCCCC(C)C[C]1CCCC1. The van der Waals surface area contributed by atoms with Crippen molar-refractivity contribution < 1.29 is 0 Å². The zero-order chi connectivity index (χ0) is 8.81. The molecule has 0 spiro atoms. The Balaban J connectivity index is 2.03. The molecule has 1 saturated carbocycles. The van der Waals surface area contributed by atoms with Crippen LogP contribution in [0.3, 0.4) is 0 Å². The van der Waals surface area contributed by atoms with Crippen LogP contribution in [0.25, 0.3) is 0 Å². The minimum Gasteiger partial charge on any atom is -0.0654 e. The van der Waals surface area contributed by atoms with Crippen LogP contribution in [0, 0.1) is 11.8 Å². The molecular weight excluding hydrogens is 144 g/mol. The molecular formula is C12H23. The third kappa shape index (κ3) is 3.60. The lowest BCUT2D eigenvalue weighted by atomic mass is 9.91. The summed E-state index contributed by atoms with van der Waals surface area (Å²) >= 11 is 0. The smallest absolute Gasteiger partial charge is 0.0238 e. The topological polar surface area (TPSA) is 0 Å². The van der Waals surface area contributed by atoms with E-state index in [4.69, 9.17) is 0 Å². The Morgan fingerprint density at radius 1 is 1.25 bits per heavy atom. The van der Waals surface area contributed by atoms with E-state index >= 15 is 0 Å². The summed E-state index contributed by atoms with van der Waals surface area (Å²) in [5, 5.41) is 0. The monoisotopic (exact) mass is 167 g/mol. The standard InChI is InChI=1S/C12H23/c1-3-4-7-11(2)10-12-8-5-6-9-12/h11H,3-10H2,1-2H3. The molecule has 0 bridgehead atoms. The van der Waals surface area contributed by atoms with E-state index < -0.39 is 0 Å². The van der Waals surface area contributed by atoms with Crippen LogP contribution >= 0.6 is 0 Å². The predicted octanol–water partition coefficient (Wildman–Crippen LogP) is 4.35. The second kappa shape index (κ2) is 5.61. The fourth-order valence-corrected chi connectivity index (χ4v) is 2.23. The highest BCUT2D eigenvalue weighted by molar-refractivity contribution is 4.95. The van der Waals surface area contributed by atoms with Crippen LogP contribution in [-0.2, 0) is 0 Å². The van der Waals surface area contributed by atoms with Crippen molar-refractivity contribution in [3.8, 4) is 0 Å². The first-order valence-electron chi connectivity index (χ1n) is 5.66. The van der Waals surface area contributed by atoms with Gasteiger partial charge in [0.1, 0.15) is 0 Å². The second-order valence-corrected chi connectivity index (χ2v) is 4.41. The van der Waals surface area contributed by atoms with E-state index in [9.17, 15) is 0 Å². The van der Waals surface area contributed by atoms with Crippen molar-refractivity contribution in [2.24, 2.45) is 5.92 Å². The molecule has 1 aliphatic rings. The molecule has 0 nitrogen and oxygen atoms in total. The molecule has 0 saturated heterocycles. The summed E-state index contributed by atoms with van der Waals surface area (Å²) in [7, 11) is 0. The van der Waals surface area contributed by atoms with Gasteiger partial charge in [-0.05, 0) is 31.1 Å². The van der Waals surface area contributed by atoms with E-state index in [1.807, 2.05) is 5.92 Å². The van der Waals surface area contributed by atoms with Gasteiger partial charge in [0, 0.05) is 0 Å². The molecule has 1 aliphatic carbocycles. The Kier molecular flexibility index (Phi) is 4.72. The van der Waals surface area contributed by atoms with Gasteiger partial charge >= 0.3 is 0 Å². The molecule has 0 amide bonds. The minimum atomic E-state index is 0.957. The van der Waals surface area contributed by atoms with Crippen molar-refractivity contribution in [1.29, 1.82) is 0 Å². The molecule has 0 aromatic heterocycles. The van der Waals surface area contributed by atoms with E-state index in [2.05, 4.69) is 13.8 Å². The fraction of sp³-hybridized carbons (Fsp3) is 0.917. The Morgan fingerprint density at radius 3 is 2.50 bits per heavy atom. The lowest BCUT2D eigenvalue weighted by molar-refractivity contribution is 0.470. The van der Waals surface area contributed by atoms with Crippen LogP contribution in [-0.4, -0.2) is 0 Å². The van der Waals surface area contributed by atoms with E-state index in [-0.39, 0.29) is 0 Å². The van der Waals surface area contributed by atoms with Gasteiger partial charge in [0.2, 0.25) is 0 Å². The van der Waals surface area contributed by atoms with Crippen LogP contribution in [0.1, 0.15) is 65.2 Å². The Hall–Kier alpha value is 0. The van der Waals surface area contributed by atoms with Gasteiger partial charge in [-0.1, -0.05) is 46.0 Å². The van der Waals surface area contributed by atoms with Gasteiger partial charge in [-0.25, -0.2) is 0 Å². The average molecular weight is 167 g/mol. The van der Waals surface area contributed by atoms with Gasteiger partial charge in [-0.3, -0.25) is 0 Å². The summed E-state index contributed by atoms with van der Waals surface area (Å²) in [5.41, 5.74) is 0. The molecule has 0 aromatic rings. The lowest BCUT2D eigenvalue weighted by Gasteiger charge is -2.14. The van der Waals surface area contributed by atoms with Crippen molar-refractivity contribution in [3.63, 3.8) is 0 Å². The van der Waals surface area contributed by atoms with E-state index in [1.54, 1.807) is 0 Å². The largest absolute Gasteiger partial charge is 0.0654 e. The van der Waals surface area contributed by atoms with Crippen LogP contribution < -0.4 is 0 Å². The highest BCUT2D eigenvalue weighted by atomic mass is 14.2. The summed E-state index contributed by atoms with van der Waals surface area (Å²) in [6.07, 6.45) is 11.5. The molecule has 0 heteroatoms. The first kappa shape index (κ1) is 10.1. The van der Waals surface area contributed by atoms with Crippen molar-refractivity contribution in [3.05, 3.63) is 5.92 Å². The van der Waals surface area contributed by atoms with Gasteiger partial charge in [-0.2, -0.15) is 0 Å². The maximum atomic E-state index is 2.42. The fourth-order valence-electron chi connectivity index (χ4n) is 2.23. The van der Waals surface area contributed by atoms with Gasteiger partial charge in [0.15, 0.2) is 0 Å². The van der Waals surface area contributed by atoms with Gasteiger partial charge in [-0.15, -0.1) is 0 Å². The van der Waals surface area contributed by atoms with E-state index in [1.165, 1.54) is 51.4 Å². The Morgan fingerprint density at radius 2 is 1.92 bits per heavy atom. The zero-order valence-corrected chi connectivity index (χ0v) is 8.73. The number of rotatable bonds is 5. The third-order valence-corrected chi connectivity index (χ3v) is 3.00. The van der Waals surface area contributed by atoms with E-state index in [0.29, 0.717) is 0 Å². The molecule has 1 unspecified atom stereocenters. The third-order valence-electron chi connectivity index (χ3n) is 3.00. The molecule has 1 atom stereocenters. The van der Waals surface area contributed by atoms with Crippen LogP contribution in [0.15, 0.2) is 0 Å². The number of hydrogen-bond donors (Lipinski definition) is 0. The summed E-state index contributed by atoms with van der Waals surface area (Å²) in [6.45, 7) is 4.70. The highest BCUT2D eigenvalue weighted by Gasteiger charge is 2.17. The quantitative estimate of drug-likeness (QED) is 0.571. The number of unbranched alkanes of at least 4 members (excludes halogenated alkanes) is 1. The van der Waals surface area contributed by atoms with Gasteiger partial charge in [0.05, 0.1) is 0 Å². The van der Waals surface area contributed by atoms with Crippen LogP contribution in [0.4, 0.5) is 0 Å². The normalized spacial score (nSPS) is 21.5. The van der Waals surface area contributed by atoms with Crippen molar-refractivity contribution in [1.82, 2.24) is 0 Å². The van der Waals surface area contributed by atoms with Crippen molar-refractivity contribution in [2.45, 2.75) is 65.2 Å². The Bertz CT molecular complexity index is 101. The summed E-state index contributed by atoms with van der Waals surface area (Å²) < 4.78 is 0. The molecule has 71 valence electrons. The molecule has 1 fully saturated rings. The summed E-state index contributed by atoms with van der Waals surface area (Å²) in [5.74, 6) is 2.82.